The number of aryl methyl sites for hydroxylation is 1. The SMILES string of the molecule is O=c1ccn([C@@H]2O[C@H](COP(=O)(O)CP(=O)(O)O)C(O)C2O)c(=O)n1CCc1ccc(F)cc1F. The highest BCUT2D eigenvalue weighted by atomic mass is 31.2. The lowest BCUT2D eigenvalue weighted by molar-refractivity contribution is -0.0530. The summed E-state index contributed by atoms with van der Waals surface area (Å²) in [6.07, 6.45) is -5.72. The summed E-state index contributed by atoms with van der Waals surface area (Å²) in [4.78, 5) is 52.3. The monoisotopic (exact) mass is 542 g/mol. The van der Waals surface area contributed by atoms with Crippen LogP contribution < -0.4 is 11.2 Å². The second-order valence-corrected chi connectivity index (χ2v) is 11.8. The van der Waals surface area contributed by atoms with Gasteiger partial charge in [-0.1, -0.05) is 6.07 Å². The lowest BCUT2D eigenvalue weighted by Crippen LogP contribution is -2.43. The fraction of sp³-hybridized carbons (Fsp3) is 0.444. The van der Waals surface area contributed by atoms with E-state index in [4.69, 9.17) is 14.5 Å². The molecule has 0 saturated carbocycles. The number of aliphatic hydroxyl groups excluding tert-OH is 2. The van der Waals surface area contributed by atoms with E-state index in [0.717, 1.165) is 29.0 Å². The number of hydrogen-bond donors (Lipinski definition) is 5. The summed E-state index contributed by atoms with van der Waals surface area (Å²) in [5, 5.41) is 20.5. The van der Waals surface area contributed by atoms with Crippen LogP contribution in [0.2, 0.25) is 0 Å². The Labute approximate surface area is 195 Å². The number of halogens is 2. The Kier molecular flexibility index (Phi) is 8.26. The lowest BCUT2D eigenvalue weighted by atomic mass is 10.1. The molecule has 0 radical (unpaired) electrons. The van der Waals surface area contributed by atoms with Crippen molar-refractivity contribution in [2.45, 2.75) is 37.5 Å². The highest BCUT2D eigenvalue weighted by Crippen LogP contribution is 2.55. The molecule has 1 aliphatic heterocycles. The van der Waals surface area contributed by atoms with Crippen molar-refractivity contribution < 1.29 is 52.1 Å². The van der Waals surface area contributed by atoms with E-state index in [9.17, 15) is 42.6 Å². The molecule has 13 nitrogen and oxygen atoms in total. The maximum absolute atomic E-state index is 13.9. The number of nitrogens with zero attached hydrogens (tertiary/aromatic N) is 2. The third-order valence-electron chi connectivity index (χ3n) is 5.13. The van der Waals surface area contributed by atoms with Crippen LogP contribution in [0.4, 0.5) is 8.78 Å². The predicted octanol–water partition coefficient (Wildman–Crippen LogP) is -0.513. The van der Waals surface area contributed by atoms with E-state index in [0.29, 0.717) is 10.6 Å². The zero-order valence-corrected chi connectivity index (χ0v) is 19.5. The smallest absolute Gasteiger partial charge is 0.340 e. The molecule has 5 N–H and O–H groups in total. The Bertz CT molecular complexity index is 1290. The van der Waals surface area contributed by atoms with Crippen molar-refractivity contribution in [3.05, 3.63) is 68.5 Å². The fourth-order valence-corrected chi connectivity index (χ4v) is 6.02. The molecule has 3 rings (SSSR count). The van der Waals surface area contributed by atoms with E-state index in [1.807, 2.05) is 0 Å². The summed E-state index contributed by atoms with van der Waals surface area (Å²) in [6, 6.07) is 3.78. The molecular weight excluding hydrogens is 520 g/mol. The summed E-state index contributed by atoms with van der Waals surface area (Å²) in [6.45, 7) is -1.17. The standard InChI is InChI=1S/C18H22F2N2O11P2/c19-11-2-1-10(12(20)7-11)3-5-21-14(23)4-6-22(18(21)26)17-16(25)15(24)13(33-17)8-32-35(30,31)9-34(27,28)29/h1-2,4,6-7,13,15-17,24-25H,3,5,8-9H2,(H,30,31)(H2,27,28,29)/t13-,15?,16?,17-/m1/s1. The van der Waals surface area contributed by atoms with E-state index in [-0.39, 0.29) is 18.5 Å². The highest BCUT2D eigenvalue weighted by Gasteiger charge is 2.45. The van der Waals surface area contributed by atoms with Gasteiger partial charge in [-0.05, 0) is 18.1 Å². The van der Waals surface area contributed by atoms with Crippen LogP contribution in [0.5, 0.6) is 0 Å². The van der Waals surface area contributed by atoms with Gasteiger partial charge < -0.3 is 34.2 Å². The Morgan fingerprint density at radius 1 is 1.06 bits per heavy atom. The van der Waals surface area contributed by atoms with Crippen LogP contribution in [-0.2, 0) is 31.4 Å². The fourth-order valence-electron chi connectivity index (χ4n) is 3.45. The quantitative estimate of drug-likeness (QED) is 0.256. The van der Waals surface area contributed by atoms with Crippen LogP contribution in [0.1, 0.15) is 11.8 Å². The van der Waals surface area contributed by atoms with Gasteiger partial charge in [-0.25, -0.2) is 13.6 Å². The zero-order chi connectivity index (χ0) is 26.1. The van der Waals surface area contributed by atoms with Crippen LogP contribution in [0, 0.1) is 11.6 Å². The van der Waals surface area contributed by atoms with Crippen molar-refractivity contribution in [3.8, 4) is 0 Å². The molecule has 2 aromatic rings. The van der Waals surface area contributed by atoms with E-state index in [1.165, 1.54) is 0 Å². The van der Waals surface area contributed by atoms with Gasteiger partial charge in [0.15, 0.2) is 12.1 Å². The number of rotatable bonds is 9. The van der Waals surface area contributed by atoms with Gasteiger partial charge >= 0.3 is 20.9 Å². The van der Waals surface area contributed by atoms with Gasteiger partial charge in [0, 0.05) is 24.9 Å². The first-order valence-electron chi connectivity index (χ1n) is 9.97. The summed E-state index contributed by atoms with van der Waals surface area (Å²) in [7, 11) is -9.68. The average molecular weight is 542 g/mol. The molecule has 17 heteroatoms. The number of aliphatic hydroxyl groups is 2. The summed E-state index contributed by atoms with van der Waals surface area (Å²) < 4.78 is 61.1. The number of hydrogen-bond acceptors (Lipinski definition) is 8. The minimum atomic E-state index is -4.90. The molecule has 0 amide bonds. The number of ether oxygens (including phenoxy) is 1. The molecule has 0 spiro atoms. The molecule has 2 heterocycles. The third-order valence-corrected chi connectivity index (χ3v) is 8.59. The molecule has 1 aromatic carbocycles. The number of aromatic nitrogens is 2. The maximum Gasteiger partial charge on any atom is 0.340 e. The Hall–Kier alpha value is -2.06. The van der Waals surface area contributed by atoms with Gasteiger partial charge in [-0.15, -0.1) is 0 Å². The topological polar surface area (TPSA) is 198 Å². The molecule has 3 unspecified atom stereocenters. The minimum Gasteiger partial charge on any atom is -0.387 e. The highest BCUT2D eigenvalue weighted by molar-refractivity contribution is 7.70. The Morgan fingerprint density at radius 3 is 2.37 bits per heavy atom. The molecule has 1 aliphatic rings. The Morgan fingerprint density at radius 2 is 1.74 bits per heavy atom. The van der Waals surface area contributed by atoms with Gasteiger partial charge in [0.25, 0.3) is 5.56 Å². The normalized spacial score (nSPS) is 24.4. The minimum absolute atomic E-state index is 0.0432. The first-order chi connectivity index (χ1) is 16.2. The summed E-state index contributed by atoms with van der Waals surface area (Å²) in [5.74, 6) is -3.14. The first kappa shape index (κ1) is 27.5. The van der Waals surface area contributed by atoms with Crippen molar-refractivity contribution in [1.29, 1.82) is 0 Å². The summed E-state index contributed by atoms with van der Waals surface area (Å²) >= 11 is 0. The van der Waals surface area contributed by atoms with Gasteiger partial charge in [0.1, 0.15) is 29.9 Å². The second-order valence-electron chi connectivity index (χ2n) is 7.77. The van der Waals surface area contributed by atoms with Gasteiger partial charge in [-0.2, -0.15) is 0 Å². The van der Waals surface area contributed by atoms with Crippen molar-refractivity contribution in [2.24, 2.45) is 0 Å². The van der Waals surface area contributed by atoms with Gasteiger partial charge in [0.2, 0.25) is 0 Å². The van der Waals surface area contributed by atoms with E-state index >= 15 is 0 Å². The number of benzene rings is 1. The van der Waals surface area contributed by atoms with Crippen LogP contribution in [0.3, 0.4) is 0 Å². The lowest BCUT2D eigenvalue weighted by Gasteiger charge is -2.19. The molecule has 5 atom stereocenters. The summed E-state index contributed by atoms with van der Waals surface area (Å²) in [5.41, 5.74) is -1.71. The molecule has 1 aromatic heterocycles. The van der Waals surface area contributed by atoms with Crippen molar-refractivity contribution in [2.75, 3.05) is 12.5 Å². The molecule has 0 bridgehead atoms. The first-order valence-corrected chi connectivity index (χ1v) is 13.5. The molecule has 1 fully saturated rings. The van der Waals surface area contributed by atoms with Crippen LogP contribution in [-0.4, -0.2) is 64.8 Å². The largest absolute Gasteiger partial charge is 0.387 e. The predicted molar refractivity (Wildman–Crippen MR) is 114 cm³/mol. The van der Waals surface area contributed by atoms with Crippen LogP contribution in [0.15, 0.2) is 40.1 Å². The van der Waals surface area contributed by atoms with Crippen molar-refractivity contribution in [1.82, 2.24) is 9.13 Å². The van der Waals surface area contributed by atoms with Crippen molar-refractivity contribution >= 4 is 15.2 Å². The van der Waals surface area contributed by atoms with Crippen LogP contribution >= 0.6 is 15.2 Å². The molecule has 35 heavy (non-hydrogen) atoms. The molecular formula is C18H22F2N2O11P2. The van der Waals surface area contributed by atoms with E-state index < -0.39 is 75.1 Å². The molecule has 1 saturated heterocycles. The van der Waals surface area contributed by atoms with Crippen molar-refractivity contribution in [3.63, 3.8) is 0 Å². The Balaban J connectivity index is 1.77. The zero-order valence-electron chi connectivity index (χ0n) is 17.8. The van der Waals surface area contributed by atoms with E-state index in [2.05, 4.69) is 4.52 Å². The molecule has 0 aliphatic carbocycles. The van der Waals surface area contributed by atoms with Gasteiger partial charge in [-0.3, -0.25) is 23.1 Å². The van der Waals surface area contributed by atoms with E-state index in [1.54, 1.807) is 0 Å². The molecule has 194 valence electrons. The second kappa shape index (κ2) is 10.5. The maximum atomic E-state index is 13.9. The van der Waals surface area contributed by atoms with Gasteiger partial charge in [0.05, 0.1) is 6.61 Å². The third kappa shape index (κ3) is 6.79. The van der Waals surface area contributed by atoms with Crippen LogP contribution in [0.25, 0.3) is 0 Å². The average Bonchev–Trinajstić information content (AvgIpc) is 3.00.